The molecule has 0 aromatic carbocycles. The van der Waals surface area contributed by atoms with Gasteiger partial charge in [-0.2, -0.15) is 0 Å². The third-order valence-electron chi connectivity index (χ3n) is 2.83. The molecule has 1 aromatic rings. The first-order chi connectivity index (χ1) is 9.19. The number of nitrogens with one attached hydrogen (secondary N) is 1. The molecular weight excluding hydrogens is 295 g/mol. The summed E-state index contributed by atoms with van der Waals surface area (Å²) in [5.41, 5.74) is -1.43. The summed E-state index contributed by atoms with van der Waals surface area (Å²) in [6.07, 6.45) is -3.75. The summed E-state index contributed by atoms with van der Waals surface area (Å²) in [5.74, 6) is 0. The number of phosphoric ester groups is 1. The summed E-state index contributed by atoms with van der Waals surface area (Å²) in [6, 6.07) is 1.05. The highest BCUT2D eigenvalue weighted by molar-refractivity contribution is 7.46. The van der Waals surface area contributed by atoms with Gasteiger partial charge in [0.25, 0.3) is 5.56 Å². The Morgan fingerprint density at radius 2 is 2.10 bits per heavy atom. The van der Waals surface area contributed by atoms with E-state index in [2.05, 4.69) is 4.52 Å². The van der Waals surface area contributed by atoms with Gasteiger partial charge in [0.15, 0.2) is 6.23 Å². The van der Waals surface area contributed by atoms with Crippen LogP contribution in [0.1, 0.15) is 13.2 Å². The average molecular weight is 308 g/mol. The molecule has 112 valence electrons. The largest absolute Gasteiger partial charge is 0.470 e. The Hall–Kier alpha value is -1.29. The fourth-order valence-electron chi connectivity index (χ4n) is 1.98. The van der Waals surface area contributed by atoms with Crippen LogP contribution in [0.3, 0.4) is 0 Å². The number of hydrogen-bond donors (Lipinski definition) is 4. The van der Waals surface area contributed by atoms with E-state index in [9.17, 15) is 19.3 Å². The number of aromatic amines is 1. The van der Waals surface area contributed by atoms with E-state index >= 15 is 0 Å². The van der Waals surface area contributed by atoms with Crippen molar-refractivity contribution in [3.05, 3.63) is 33.1 Å². The van der Waals surface area contributed by atoms with E-state index in [0.29, 0.717) is 0 Å². The zero-order valence-corrected chi connectivity index (χ0v) is 11.1. The van der Waals surface area contributed by atoms with Gasteiger partial charge in [0, 0.05) is 12.3 Å². The molecule has 0 unspecified atom stereocenters. The van der Waals surface area contributed by atoms with E-state index in [-0.39, 0.29) is 0 Å². The molecule has 1 fully saturated rings. The molecule has 0 amide bonds. The van der Waals surface area contributed by atoms with E-state index in [0.717, 1.165) is 16.8 Å². The Morgan fingerprint density at radius 3 is 2.65 bits per heavy atom. The van der Waals surface area contributed by atoms with E-state index in [1.165, 1.54) is 6.92 Å². The van der Waals surface area contributed by atoms with Crippen LogP contribution in [0.5, 0.6) is 0 Å². The molecule has 11 heteroatoms. The van der Waals surface area contributed by atoms with Crippen molar-refractivity contribution in [2.24, 2.45) is 0 Å². The Morgan fingerprint density at radius 1 is 1.45 bits per heavy atom. The smallest absolute Gasteiger partial charge is 0.386 e. The van der Waals surface area contributed by atoms with Crippen LogP contribution in [-0.4, -0.2) is 42.8 Å². The summed E-state index contributed by atoms with van der Waals surface area (Å²) < 4.78 is 21.4. The van der Waals surface area contributed by atoms with Crippen molar-refractivity contribution in [2.75, 3.05) is 0 Å². The van der Waals surface area contributed by atoms with Crippen molar-refractivity contribution >= 4 is 7.82 Å². The number of H-pyrrole nitrogens is 1. The molecule has 0 radical (unpaired) electrons. The third-order valence-corrected chi connectivity index (χ3v) is 3.35. The van der Waals surface area contributed by atoms with Gasteiger partial charge in [0.1, 0.15) is 12.2 Å². The number of nitrogens with zero attached hydrogens (tertiary/aromatic N) is 1. The minimum atomic E-state index is -4.81. The Balaban J connectivity index is 2.30. The summed E-state index contributed by atoms with van der Waals surface area (Å²) in [4.78, 5) is 42.1. The quantitative estimate of drug-likeness (QED) is 0.482. The van der Waals surface area contributed by atoms with Gasteiger partial charge < -0.3 is 19.6 Å². The summed E-state index contributed by atoms with van der Waals surface area (Å²) in [7, 11) is -4.81. The Labute approximate surface area is 111 Å². The topological polar surface area (TPSA) is 151 Å². The van der Waals surface area contributed by atoms with Crippen LogP contribution >= 0.6 is 7.82 Å². The Kier molecular flexibility index (Phi) is 3.96. The van der Waals surface area contributed by atoms with Crippen molar-refractivity contribution in [2.45, 2.75) is 31.5 Å². The molecule has 4 N–H and O–H groups in total. The van der Waals surface area contributed by atoms with Gasteiger partial charge in [-0.1, -0.05) is 0 Å². The average Bonchev–Trinajstić information content (AvgIpc) is 2.55. The highest BCUT2D eigenvalue weighted by atomic mass is 31.2. The molecule has 10 nitrogen and oxygen atoms in total. The van der Waals surface area contributed by atoms with Crippen LogP contribution in [-0.2, 0) is 13.8 Å². The molecule has 1 aromatic heterocycles. The predicted molar refractivity (Wildman–Crippen MR) is 63.8 cm³/mol. The van der Waals surface area contributed by atoms with Gasteiger partial charge in [0.05, 0.1) is 6.10 Å². The number of aliphatic hydroxyl groups is 1. The zero-order chi connectivity index (χ0) is 15.1. The lowest BCUT2D eigenvalue weighted by Crippen LogP contribution is -2.38. The minimum absolute atomic E-state index is 0.616. The number of rotatable bonds is 3. The number of phosphoric acid groups is 1. The van der Waals surface area contributed by atoms with Crippen molar-refractivity contribution in [1.82, 2.24) is 9.55 Å². The third kappa shape index (κ3) is 3.06. The van der Waals surface area contributed by atoms with E-state index in [1.54, 1.807) is 0 Å². The van der Waals surface area contributed by atoms with E-state index in [1.807, 2.05) is 4.98 Å². The lowest BCUT2D eigenvalue weighted by molar-refractivity contribution is -0.0351. The number of hydrogen-bond acceptors (Lipinski definition) is 6. The van der Waals surface area contributed by atoms with Gasteiger partial charge in [0.2, 0.25) is 0 Å². The van der Waals surface area contributed by atoms with Gasteiger partial charge in [-0.05, 0) is 6.92 Å². The first kappa shape index (κ1) is 15.1. The molecular formula is C9H13N2O8P. The molecule has 0 saturated carbocycles. The maximum atomic E-state index is 11.6. The standard InChI is InChI=1S/C9H13N2O8P/c1-4-7(19-20(15,16)17)6(13)8(18-4)11-3-2-5(12)10-9(11)14/h2-4,6-8,13H,1H3,(H,10,12,14)(H2,15,16,17)/t4-,6-,7-,8-/m1/s1. The van der Waals surface area contributed by atoms with Gasteiger partial charge in [-0.25, -0.2) is 9.36 Å². The summed E-state index contributed by atoms with van der Waals surface area (Å²) in [6.45, 7) is 1.43. The van der Waals surface area contributed by atoms with Crippen molar-refractivity contribution in [3.8, 4) is 0 Å². The molecule has 4 atom stereocenters. The number of aromatic nitrogens is 2. The highest BCUT2D eigenvalue weighted by Gasteiger charge is 2.46. The van der Waals surface area contributed by atoms with Crippen molar-refractivity contribution in [3.63, 3.8) is 0 Å². The second-order valence-electron chi connectivity index (χ2n) is 4.30. The van der Waals surface area contributed by atoms with Crippen LogP contribution < -0.4 is 11.2 Å². The van der Waals surface area contributed by atoms with Gasteiger partial charge in [-0.15, -0.1) is 0 Å². The van der Waals surface area contributed by atoms with Crippen LogP contribution in [0, 0.1) is 0 Å². The molecule has 0 aliphatic carbocycles. The van der Waals surface area contributed by atoms with Crippen molar-refractivity contribution < 1.29 is 28.7 Å². The lowest BCUT2D eigenvalue weighted by atomic mass is 10.1. The van der Waals surface area contributed by atoms with Crippen LogP contribution in [0.2, 0.25) is 0 Å². The van der Waals surface area contributed by atoms with Crippen LogP contribution in [0.4, 0.5) is 0 Å². The second kappa shape index (κ2) is 5.24. The van der Waals surface area contributed by atoms with Gasteiger partial charge >= 0.3 is 13.5 Å². The summed E-state index contributed by atoms with van der Waals surface area (Å²) in [5, 5.41) is 9.98. The predicted octanol–water partition coefficient (Wildman–Crippen LogP) is -1.71. The van der Waals surface area contributed by atoms with Gasteiger partial charge in [-0.3, -0.25) is 18.9 Å². The fraction of sp³-hybridized carbons (Fsp3) is 0.556. The molecule has 1 aliphatic heterocycles. The number of aliphatic hydroxyl groups excluding tert-OH is 1. The monoisotopic (exact) mass is 308 g/mol. The molecule has 1 aliphatic rings. The first-order valence-electron chi connectivity index (χ1n) is 5.58. The van der Waals surface area contributed by atoms with E-state index < -0.39 is 43.6 Å². The highest BCUT2D eigenvalue weighted by Crippen LogP contribution is 2.43. The molecule has 2 heterocycles. The fourth-order valence-corrected chi connectivity index (χ4v) is 2.60. The maximum Gasteiger partial charge on any atom is 0.470 e. The Bertz CT molecular complexity index is 648. The van der Waals surface area contributed by atoms with Crippen LogP contribution in [0.15, 0.2) is 21.9 Å². The molecule has 0 spiro atoms. The van der Waals surface area contributed by atoms with Crippen molar-refractivity contribution in [1.29, 1.82) is 0 Å². The molecule has 1 saturated heterocycles. The minimum Gasteiger partial charge on any atom is -0.386 e. The first-order valence-corrected chi connectivity index (χ1v) is 7.11. The molecule has 20 heavy (non-hydrogen) atoms. The normalized spacial score (nSPS) is 30.6. The summed E-state index contributed by atoms with van der Waals surface area (Å²) >= 11 is 0. The SMILES string of the molecule is C[C@H]1O[C@@H](n2ccc(=O)[nH]c2=O)[C@H](O)[C@@H]1OP(=O)(O)O. The van der Waals surface area contributed by atoms with Crippen LogP contribution in [0.25, 0.3) is 0 Å². The maximum absolute atomic E-state index is 11.6. The number of ether oxygens (including phenoxy) is 1. The van der Waals surface area contributed by atoms with E-state index in [4.69, 9.17) is 14.5 Å². The molecule has 0 bridgehead atoms. The lowest BCUT2D eigenvalue weighted by Gasteiger charge is -2.19. The zero-order valence-electron chi connectivity index (χ0n) is 10.2. The second-order valence-corrected chi connectivity index (χ2v) is 5.49. The molecule has 2 rings (SSSR count).